The average molecular weight is 453 g/mol. The SMILES string of the molecule is Cc1cc(S(C)(=O)=O)ccc1-c1cnc(NCc2c(F)ccc3c2CCO3)n2cnnc12. The number of nitrogens with zero attached hydrogens (tertiary/aromatic N) is 4. The van der Waals surface area contributed by atoms with E-state index in [4.69, 9.17) is 4.74 Å². The second-order valence-corrected chi connectivity index (χ2v) is 9.74. The van der Waals surface area contributed by atoms with Crippen molar-refractivity contribution in [3.63, 3.8) is 0 Å². The molecule has 0 unspecified atom stereocenters. The molecule has 0 bridgehead atoms. The Morgan fingerprint density at radius 2 is 2.06 bits per heavy atom. The van der Waals surface area contributed by atoms with Crippen molar-refractivity contribution in [3.05, 3.63) is 65.4 Å². The van der Waals surface area contributed by atoms with Crippen molar-refractivity contribution in [1.29, 1.82) is 0 Å². The summed E-state index contributed by atoms with van der Waals surface area (Å²) in [4.78, 5) is 4.76. The maximum atomic E-state index is 14.5. The highest BCUT2D eigenvalue weighted by Crippen LogP contribution is 2.32. The Labute approximate surface area is 184 Å². The van der Waals surface area contributed by atoms with Gasteiger partial charge in [0.1, 0.15) is 17.9 Å². The van der Waals surface area contributed by atoms with Crippen LogP contribution in [0.25, 0.3) is 16.8 Å². The highest BCUT2D eigenvalue weighted by molar-refractivity contribution is 7.90. The standard InChI is InChI=1S/C22H20FN5O3S/c1-13-9-14(32(2,29)30)3-4-15(13)18-11-25-22(28-12-26-27-21(18)28)24-10-17-16-7-8-31-20(16)6-5-19(17)23/h3-6,9,11-12H,7-8,10H2,1-2H3,(H,24,25). The average Bonchev–Trinajstić information content (AvgIpc) is 3.42. The Bertz CT molecular complexity index is 1470. The molecule has 0 spiro atoms. The molecule has 1 aliphatic rings. The van der Waals surface area contributed by atoms with Crippen molar-refractivity contribution in [2.24, 2.45) is 0 Å². The van der Waals surface area contributed by atoms with Crippen LogP contribution < -0.4 is 10.1 Å². The second-order valence-electron chi connectivity index (χ2n) is 7.72. The number of nitrogens with one attached hydrogen (secondary N) is 1. The van der Waals surface area contributed by atoms with Crippen molar-refractivity contribution in [1.82, 2.24) is 19.6 Å². The molecule has 4 aromatic rings. The lowest BCUT2D eigenvalue weighted by atomic mass is 10.0. The van der Waals surface area contributed by atoms with Crippen LogP contribution in [0.5, 0.6) is 5.75 Å². The molecule has 0 fully saturated rings. The van der Waals surface area contributed by atoms with Crippen LogP contribution in [0.4, 0.5) is 10.3 Å². The Hall–Kier alpha value is -3.53. The Kier molecular flexibility index (Phi) is 4.81. The summed E-state index contributed by atoms with van der Waals surface area (Å²) in [5.74, 6) is 0.893. The fourth-order valence-electron chi connectivity index (χ4n) is 3.98. The molecule has 0 radical (unpaired) electrons. The molecule has 32 heavy (non-hydrogen) atoms. The number of aryl methyl sites for hydroxylation is 1. The molecule has 0 amide bonds. The molecule has 0 saturated heterocycles. The summed E-state index contributed by atoms with van der Waals surface area (Å²) in [6.07, 6.45) is 5.03. The lowest BCUT2D eigenvalue weighted by Gasteiger charge is -2.13. The topological polar surface area (TPSA) is 98.5 Å². The Balaban J connectivity index is 1.50. The van der Waals surface area contributed by atoms with E-state index >= 15 is 0 Å². The third-order valence-corrected chi connectivity index (χ3v) is 6.72. The fraction of sp³-hybridized carbons (Fsp3) is 0.227. The number of ether oxygens (including phenoxy) is 1. The second kappa shape index (κ2) is 7.56. The summed E-state index contributed by atoms with van der Waals surface area (Å²) in [5, 5.41) is 11.4. The van der Waals surface area contributed by atoms with Crippen molar-refractivity contribution < 1.29 is 17.5 Å². The summed E-state index contributed by atoms with van der Waals surface area (Å²) in [6.45, 7) is 2.62. The van der Waals surface area contributed by atoms with E-state index in [9.17, 15) is 12.8 Å². The van der Waals surface area contributed by atoms with Gasteiger partial charge in [0, 0.05) is 42.1 Å². The molecule has 2 aromatic carbocycles. The van der Waals surface area contributed by atoms with E-state index in [0.29, 0.717) is 41.5 Å². The number of halogens is 1. The molecule has 1 aliphatic heterocycles. The van der Waals surface area contributed by atoms with Crippen LogP contribution in [-0.4, -0.2) is 40.9 Å². The molecule has 5 rings (SSSR count). The monoisotopic (exact) mass is 453 g/mol. The Morgan fingerprint density at radius 1 is 1.22 bits per heavy atom. The first-order chi connectivity index (χ1) is 15.3. The van der Waals surface area contributed by atoms with Crippen molar-refractivity contribution in [2.45, 2.75) is 24.8 Å². The first-order valence-electron chi connectivity index (χ1n) is 9.99. The first-order valence-corrected chi connectivity index (χ1v) is 11.9. The number of benzene rings is 2. The number of aromatic nitrogens is 4. The van der Waals surface area contributed by atoms with Gasteiger partial charge in [-0.05, 0) is 42.3 Å². The van der Waals surface area contributed by atoms with Gasteiger partial charge in [-0.1, -0.05) is 6.07 Å². The van der Waals surface area contributed by atoms with Crippen LogP contribution in [0.1, 0.15) is 16.7 Å². The van der Waals surface area contributed by atoms with Gasteiger partial charge >= 0.3 is 0 Å². The maximum Gasteiger partial charge on any atom is 0.210 e. The minimum absolute atomic E-state index is 0.236. The number of anilines is 1. The summed E-state index contributed by atoms with van der Waals surface area (Å²) in [6, 6.07) is 8.01. The van der Waals surface area contributed by atoms with E-state index in [1.165, 1.54) is 18.6 Å². The minimum atomic E-state index is -3.30. The highest BCUT2D eigenvalue weighted by Gasteiger charge is 2.20. The van der Waals surface area contributed by atoms with E-state index < -0.39 is 9.84 Å². The van der Waals surface area contributed by atoms with Crippen molar-refractivity contribution in [2.75, 3.05) is 18.2 Å². The van der Waals surface area contributed by atoms with Crippen LogP contribution >= 0.6 is 0 Å². The van der Waals surface area contributed by atoms with Crippen LogP contribution in [0, 0.1) is 12.7 Å². The molecule has 8 nitrogen and oxygen atoms in total. The van der Waals surface area contributed by atoms with Gasteiger partial charge in [0.25, 0.3) is 0 Å². The van der Waals surface area contributed by atoms with Gasteiger partial charge in [-0.25, -0.2) is 17.8 Å². The molecule has 1 N–H and O–H groups in total. The summed E-state index contributed by atoms with van der Waals surface area (Å²) >= 11 is 0. The van der Waals surface area contributed by atoms with E-state index in [1.54, 1.807) is 34.9 Å². The molecular formula is C22H20FN5O3S. The van der Waals surface area contributed by atoms with Crippen LogP contribution in [0.3, 0.4) is 0 Å². The zero-order chi connectivity index (χ0) is 22.5. The van der Waals surface area contributed by atoms with E-state index in [1.807, 2.05) is 6.92 Å². The summed E-state index contributed by atoms with van der Waals surface area (Å²) in [5.41, 5.74) is 4.28. The maximum absolute atomic E-state index is 14.5. The molecule has 0 atom stereocenters. The predicted octanol–water partition coefficient (Wildman–Crippen LogP) is 3.19. The zero-order valence-corrected chi connectivity index (χ0v) is 18.3. The van der Waals surface area contributed by atoms with E-state index in [0.717, 1.165) is 16.7 Å². The molecule has 10 heteroatoms. The molecule has 0 saturated carbocycles. The lowest BCUT2D eigenvalue weighted by molar-refractivity contribution is 0.356. The molecular weight excluding hydrogens is 433 g/mol. The molecule has 2 aromatic heterocycles. The zero-order valence-electron chi connectivity index (χ0n) is 17.5. The van der Waals surface area contributed by atoms with Gasteiger partial charge in [0.2, 0.25) is 5.95 Å². The normalized spacial score (nSPS) is 13.2. The number of fused-ring (bicyclic) bond motifs is 2. The number of rotatable bonds is 5. The van der Waals surface area contributed by atoms with Crippen LogP contribution in [0.2, 0.25) is 0 Å². The molecule has 0 aliphatic carbocycles. The van der Waals surface area contributed by atoms with E-state index in [2.05, 4.69) is 20.5 Å². The molecule has 3 heterocycles. The summed E-state index contributed by atoms with van der Waals surface area (Å²) < 4.78 is 45.4. The smallest absolute Gasteiger partial charge is 0.210 e. The van der Waals surface area contributed by atoms with E-state index in [-0.39, 0.29) is 17.3 Å². The minimum Gasteiger partial charge on any atom is -0.493 e. The third-order valence-electron chi connectivity index (χ3n) is 5.61. The number of sulfone groups is 1. The highest BCUT2D eigenvalue weighted by atomic mass is 32.2. The largest absolute Gasteiger partial charge is 0.493 e. The lowest BCUT2D eigenvalue weighted by Crippen LogP contribution is -2.10. The van der Waals surface area contributed by atoms with Gasteiger partial charge < -0.3 is 10.1 Å². The van der Waals surface area contributed by atoms with Gasteiger partial charge in [-0.3, -0.25) is 4.40 Å². The number of hydrogen-bond acceptors (Lipinski definition) is 7. The molecule has 164 valence electrons. The fourth-order valence-corrected chi connectivity index (χ4v) is 4.69. The number of hydrogen-bond donors (Lipinski definition) is 1. The van der Waals surface area contributed by atoms with Gasteiger partial charge in [0.15, 0.2) is 15.5 Å². The Morgan fingerprint density at radius 3 is 2.84 bits per heavy atom. The van der Waals surface area contributed by atoms with Crippen LogP contribution in [0.15, 0.2) is 47.8 Å². The summed E-state index contributed by atoms with van der Waals surface area (Å²) in [7, 11) is -3.30. The van der Waals surface area contributed by atoms with Gasteiger partial charge in [-0.2, -0.15) is 0 Å². The van der Waals surface area contributed by atoms with Crippen LogP contribution in [-0.2, 0) is 22.8 Å². The van der Waals surface area contributed by atoms with Gasteiger partial charge in [0.05, 0.1) is 11.5 Å². The van der Waals surface area contributed by atoms with Crippen molar-refractivity contribution >= 4 is 21.4 Å². The predicted molar refractivity (Wildman–Crippen MR) is 117 cm³/mol. The quantitative estimate of drug-likeness (QED) is 0.496. The van der Waals surface area contributed by atoms with Gasteiger partial charge in [-0.15, -0.1) is 10.2 Å². The van der Waals surface area contributed by atoms with Crippen molar-refractivity contribution in [3.8, 4) is 16.9 Å². The first kappa shape index (κ1) is 20.4. The third kappa shape index (κ3) is 3.46.